The quantitative estimate of drug-likeness (QED) is 0.486. The van der Waals surface area contributed by atoms with Gasteiger partial charge < -0.3 is 10.6 Å². The van der Waals surface area contributed by atoms with Crippen LogP contribution < -0.4 is 10.6 Å². The van der Waals surface area contributed by atoms with Crippen LogP contribution in [0.25, 0.3) is 10.8 Å². The third-order valence-electron chi connectivity index (χ3n) is 11.4. The van der Waals surface area contributed by atoms with E-state index in [4.69, 9.17) is 0 Å². The Bertz CT molecular complexity index is 1100. The van der Waals surface area contributed by atoms with E-state index in [2.05, 4.69) is 22.8 Å². The molecule has 4 nitrogen and oxygen atoms in total. The highest BCUT2D eigenvalue weighted by Gasteiger charge is 2.56. The number of anilines is 2. The van der Waals surface area contributed by atoms with E-state index < -0.39 is 0 Å². The largest absolute Gasteiger partial charge is 0.325 e. The van der Waals surface area contributed by atoms with Crippen molar-refractivity contribution in [1.29, 1.82) is 0 Å². The van der Waals surface area contributed by atoms with Gasteiger partial charge in [0.05, 0.1) is 22.2 Å². The molecule has 8 bridgehead atoms. The summed E-state index contributed by atoms with van der Waals surface area (Å²) in [6.45, 7) is 0. The molecule has 4 heteroatoms. The van der Waals surface area contributed by atoms with Crippen molar-refractivity contribution in [3.63, 3.8) is 0 Å². The summed E-state index contributed by atoms with van der Waals surface area (Å²) < 4.78 is 0. The van der Waals surface area contributed by atoms with Crippen LogP contribution in [-0.4, -0.2) is 11.8 Å². The lowest BCUT2D eigenvalue weighted by molar-refractivity contribution is -0.140. The van der Waals surface area contributed by atoms with Crippen LogP contribution in [0.4, 0.5) is 11.4 Å². The average Bonchev–Trinajstić information content (AvgIpc) is 2.82. The van der Waals surface area contributed by atoms with Gasteiger partial charge in [-0.1, -0.05) is 24.3 Å². The Morgan fingerprint density at radius 3 is 1.22 bits per heavy atom. The molecule has 0 aliphatic heterocycles. The molecule has 2 aromatic carbocycles. The molecule has 8 aliphatic rings. The highest BCUT2D eigenvalue weighted by atomic mass is 16.2. The molecule has 0 saturated heterocycles. The first kappa shape index (κ1) is 21.7. The number of benzene rings is 2. The van der Waals surface area contributed by atoms with E-state index in [1.165, 1.54) is 38.5 Å². The lowest BCUT2D eigenvalue weighted by atomic mass is 9.49. The van der Waals surface area contributed by atoms with Crippen molar-refractivity contribution < 1.29 is 9.59 Å². The average molecular weight is 483 g/mol. The van der Waals surface area contributed by atoms with E-state index in [-0.39, 0.29) is 22.6 Å². The van der Waals surface area contributed by atoms with Gasteiger partial charge in [-0.05, 0) is 130 Å². The van der Waals surface area contributed by atoms with E-state index >= 15 is 0 Å². The number of fused-ring (bicyclic) bond motifs is 1. The summed E-state index contributed by atoms with van der Waals surface area (Å²) in [5, 5.41) is 8.85. The van der Waals surface area contributed by atoms with Crippen LogP contribution in [0, 0.1) is 46.3 Å². The van der Waals surface area contributed by atoms with E-state index in [1.807, 2.05) is 24.3 Å². The predicted molar refractivity (Wildman–Crippen MR) is 142 cm³/mol. The maximum atomic E-state index is 13.9. The second-order valence-corrected chi connectivity index (χ2v) is 14.0. The molecule has 8 aliphatic carbocycles. The Hall–Kier alpha value is -2.36. The highest BCUT2D eigenvalue weighted by molar-refractivity contribution is 6.12. The minimum absolute atomic E-state index is 0.186. The smallest absolute Gasteiger partial charge is 0.230 e. The fourth-order valence-electron chi connectivity index (χ4n) is 10.8. The van der Waals surface area contributed by atoms with Gasteiger partial charge in [-0.3, -0.25) is 9.59 Å². The van der Waals surface area contributed by atoms with Crippen LogP contribution in [0.1, 0.15) is 77.0 Å². The van der Waals surface area contributed by atoms with E-state index in [0.29, 0.717) is 0 Å². The van der Waals surface area contributed by atoms with Crippen molar-refractivity contribution >= 4 is 34.0 Å². The highest BCUT2D eigenvalue weighted by Crippen LogP contribution is 2.61. The van der Waals surface area contributed by atoms with Gasteiger partial charge in [0.1, 0.15) is 0 Å². The standard InChI is InChI=1S/C32H38N2O2/c35-29(31-13-19-7-20(14-31)9-21(8-19)15-31)33-26-5-1-3-25-4-2-6-27(28(25)26)34-30(36)32-16-22-10-23(17-32)12-24(11-22)18-32/h1-6,19-24H,7-18H2,(H,33,35)(H,34,36). The molecule has 8 fully saturated rings. The van der Waals surface area contributed by atoms with Crippen molar-refractivity contribution in [3.8, 4) is 0 Å². The summed E-state index contributed by atoms with van der Waals surface area (Å²) in [7, 11) is 0. The van der Waals surface area contributed by atoms with Gasteiger partial charge in [0.2, 0.25) is 11.8 Å². The maximum Gasteiger partial charge on any atom is 0.230 e. The third kappa shape index (κ3) is 3.25. The Labute approximate surface area is 214 Å². The summed E-state index contributed by atoms with van der Waals surface area (Å²) in [5.41, 5.74) is 1.34. The van der Waals surface area contributed by atoms with Crippen LogP contribution in [-0.2, 0) is 9.59 Å². The van der Waals surface area contributed by atoms with Crippen molar-refractivity contribution in [2.45, 2.75) is 77.0 Å². The summed E-state index contributed by atoms with van der Waals surface area (Å²) in [5.74, 6) is 4.88. The molecule has 36 heavy (non-hydrogen) atoms. The third-order valence-corrected chi connectivity index (χ3v) is 11.4. The first-order chi connectivity index (χ1) is 17.5. The number of nitrogens with one attached hydrogen (secondary N) is 2. The summed E-state index contributed by atoms with van der Waals surface area (Å²) >= 11 is 0. The molecular formula is C32H38N2O2. The van der Waals surface area contributed by atoms with Crippen LogP contribution in [0.5, 0.6) is 0 Å². The maximum absolute atomic E-state index is 13.9. The number of rotatable bonds is 4. The van der Waals surface area contributed by atoms with Crippen molar-refractivity contribution in [3.05, 3.63) is 36.4 Å². The van der Waals surface area contributed by atoms with Gasteiger partial charge in [-0.25, -0.2) is 0 Å². The monoisotopic (exact) mass is 482 g/mol. The molecule has 0 heterocycles. The van der Waals surface area contributed by atoms with E-state index in [1.54, 1.807) is 0 Å². The van der Waals surface area contributed by atoms with Crippen LogP contribution in [0.2, 0.25) is 0 Å². The zero-order valence-electron chi connectivity index (χ0n) is 21.2. The van der Waals surface area contributed by atoms with Gasteiger partial charge in [-0.2, -0.15) is 0 Å². The lowest BCUT2D eigenvalue weighted by Crippen LogP contribution is -2.52. The molecule has 0 spiro atoms. The number of carbonyl (C=O) groups is 2. The van der Waals surface area contributed by atoms with Crippen LogP contribution in [0.3, 0.4) is 0 Å². The normalized spacial score (nSPS) is 41.6. The zero-order chi connectivity index (χ0) is 24.1. The molecule has 0 atom stereocenters. The molecule has 2 N–H and O–H groups in total. The second-order valence-electron chi connectivity index (χ2n) is 14.0. The Morgan fingerprint density at radius 2 is 0.889 bits per heavy atom. The fraction of sp³-hybridized carbons (Fsp3) is 0.625. The molecule has 0 unspecified atom stereocenters. The Morgan fingerprint density at radius 1 is 0.556 bits per heavy atom. The minimum atomic E-state index is -0.186. The van der Waals surface area contributed by atoms with Crippen LogP contribution >= 0.6 is 0 Å². The number of hydrogen-bond donors (Lipinski definition) is 2. The van der Waals surface area contributed by atoms with Crippen molar-refractivity contribution in [1.82, 2.24) is 0 Å². The SMILES string of the molecule is O=C(Nc1cccc2cccc(NC(=O)C34CC5CC(CC(C5)C3)C4)c12)C12CC3CC(CC(C3)C1)C2. The molecule has 10 rings (SSSR count). The van der Waals surface area contributed by atoms with Crippen LogP contribution in [0.15, 0.2) is 36.4 Å². The van der Waals surface area contributed by atoms with Gasteiger partial charge in [0.25, 0.3) is 0 Å². The molecule has 2 aromatic rings. The molecule has 0 aromatic heterocycles. The Balaban J connectivity index is 1.10. The van der Waals surface area contributed by atoms with Crippen molar-refractivity contribution in [2.24, 2.45) is 46.3 Å². The molecule has 2 amide bonds. The van der Waals surface area contributed by atoms with Crippen molar-refractivity contribution in [2.75, 3.05) is 10.6 Å². The first-order valence-corrected chi connectivity index (χ1v) is 14.6. The number of carbonyl (C=O) groups excluding carboxylic acids is 2. The molecule has 188 valence electrons. The first-order valence-electron chi connectivity index (χ1n) is 14.6. The molecule has 0 radical (unpaired) electrons. The lowest BCUT2D eigenvalue weighted by Gasteiger charge is -2.55. The molecular weight excluding hydrogens is 444 g/mol. The molecule has 8 saturated carbocycles. The van der Waals surface area contributed by atoms with Gasteiger partial charge in [-0.15, -0.1) is 0 Å². The predicted octanol–water partition coefficient (Wildman–Crippen LogP) is 7.15. The summed E-state index contributed by atoms with van der Waals surface area (Å²) in [6.07, 6.45) is 14.4. The van der Waals surface area contributed by atoms with E-state index in [9.17, 15) is 9.59 Å². The van der Waals surface area contributed by atoms with Gasteiger partial charge >= 0.3 is 0 Å². The Kier molecular flexibility index (Phi) is 4.57. The van der Waals surface area contributed by atoms with Gasteiger partial charge in [0, 0.05) is 5.39 Å². The van der Waals surface area contributed by atoms with E-state index in [0.717, 1.165) is 96.2 Å². The van der Waals surface area contributed by atoms with Gasteiger partial charge in [0.15, 0.2) is 0 Å². The topological polar surface area (TPSA) is 58.2 Å². The minimum Gasteiger partial charge on any atom is -0.325 e. The summed E-state index contributed by atoms with van der Waals surface area (Å²) in [6, 6.07) is 12.3. The number of hydrogen-bond acceptors (Lipinski definition) is 2. The zero-order valence-corrected chi connectivity index (χ0v) is 21.2. The summed E-state index contributed by atoms with van der Waals surface area (Å²) in [4.78, 5) is 27.7. The fourth-order valence-corrected chi connectivity index (χ4v) is 10.8. The second kappa shape index (κ2) is 7.58. The number of amides is 2.